The normalized spacial score (nSPS) is 11.9. The Hall–Kier alpha value is -3.36. The molecule has 208 valence electrons. The lowest BCUT2D eigenvalue weighted by atomic mass is 10.1. The summed E-state index contributed by atoms with van der Waals surface area (Å²) < 4.78 is 32.7. The van der Waals surface area contributed by atoms with Crippen LogP contribution in [0, 0.1) is 11.6 Å². The molecule has 1 amide bonds. The first kappa shape index (κ1) is 33.6. The van der Waals surface area contributed by atoms with E-state index in [1.54, 1.807) is 4.90 Å². The number of benzene rings is 2. The maximum absolute atomic E-state index is 14.0. The molecule has 2 aromatic carbocycles. The van der Waals surface area contributed by atoms with E-state index >= 15 is 0 Å². The zero-order valence-electron chi connectivity index (χ0n) is 23.6. The van der Waals surface area contributed by atoms with E-state index in [-0.39, 0.29) is 18.2 Å². The first-order valence-corrected chi connectivity index (χ1v) is 12.9. The van der Waals surface area contributed by atoms with Crippen LogP contribution < -0.4 is 20.3 Å². The number of aldehydes is 1. The molecular weight excluding hydrogens is 478 g/mol. The minimum absolute atomic E-state index is 0.00233. The van der Waals surface area contributed by atoms with Gasteiger partial charge in [-0.1, -0.05) is 34.6 Å². The summed E-state index contributed by atoms with van der Waals surface area (Å²) in [6, 6.07) is 8.52. The van der Waals surface area contributed by atoms with Crippen molar-refractivity contribution in [2.24, 2.45) is 0 Å². The van der Waals surface area contributed by atoms with E-state index < -0.39 is 11.6 Å². The van der Waals surface area contributed by atoms with Gasteiger partial charge in [-0.3, -0.25) is 4.79 Å². The number of anilines is 3. The number of nitrogens with zero attached hydrogens (tertiary/aromatic N) is 2. The molecule has 0 aromatic heterocycles. The van der Waals surface area contributed by atoms with Crippen LogP contribution in [0.1, 0.15) is 47.1 Å². The van der Waals surface area contributed by atoms with Crippen LogP contribution in [-0.4, -0.2) is 64.0 Å². The smallest absolute Gasteiger partial charge is 0.241 e. The lowest BCUT2D eigenvalue weighted by Gasteiger charge is -2.36. The number of piperazine rings is 1. The Bertz CT molecular complexity index is 926. The van der Waals surface area contributed by atoms with Crippen molar-refractivity contribution in [2.45, 2.75) is 48.0 Å². The summed E-state index contributed by atoms with van der Waals surface area (Å²) in [5, 5.41) is 6.35. The Morgan fingerprint density at radius 3 is 2.03 bits per heavy atom. The second-order valence-electron chi connectivity index (χ2n) is 7.38. The SMILES string of the molecule is CC.CC.CC=O.CCc1cc(NCC(=O)N2CCN(c3cc(F)c(OC)c(F)c3)CC2)ccc1NC. The van der Waals surface area contributed by atoms with Gasteiger partial charge >= 0.3 is 0 Å². The zero-order valence-corrected chi connectivity index (χ0v) is 23.6. The summed E-state index contributed by atoms with van der Waals surface area (Å²) in [6.07, 6.45) is 1.65. The van der Waals surface area contributed by atoms with Crippen molar-refractivity contribution in [1.82, 2.24) is 4.90 Å². The highest BCUT2D eigenvalue weighted by Crippen LogP contribution is 2.28. The van der Waals surface area contributed by atoms with Crippen molar-refractivity contribution in [3.8, 4) is 5.75 Å². The van der Waals surface area contributed by atoms with Crippen LogP contribution in [0.15, 0.2) is 30.3 Å². The van der Waals surface area contributed by atoms with Crippen molar-refractivity contribution < 1.29 is 23.1 Å². The average Bonchev–Trinajstić information content (AvgIpc) is 2.94. The number of aryl methyl sites for hydroxylation is 1. The van der Waals surface area contributed by atoms with Crippen LogP contribution in [0.3, 0.4) is 0 Å². The van der Waals surface area contributed by atoms with Crippen molar-refractivity contribution in [1.29, 1.82) is 0 Å². The molecule has 0 radical (unpaired) electrons. The first-order valence-electron chi connectivity index (χ1n) is 12.9. The Balaban J connectivity index is 0.00000169. The molecule has 1 aliphatic rings. The summed E-state index contributed by atoms with van der Waals surface area (Å²) in [7, 11) is 3.12. The van der Waals surface area contributed by atoms with Crippen LogP contribution in [0.4, 0.5) is 25.8 Å². The lowest BCUT2D eigenvalue weighted by Crippen LogP contribution is -2.50. The van der Waals surface area contributed by atoms with Gasteiger partial charge in [-0.05, 0) is 37.1 Å². The molecule has 1 saturated heterocycles. The predicted octanol–water partition coefficient (Wildman–Crippen LogP) is 5.60. The second kappa shape index (κ2) is 18.8. The minimum Gasteiger partial charge on any atom is -0.491 e. The molecule has 2 N–H and O–H groups in total. The maximum Gasteiger partial charge on any atom is 0.241 e. The van der Waals surface area contributed by atoms with E-state index in [1.807, 2.05) is 57.8 Å². The number of ether oxygens (including phenoxy) is 1. The first-order chi connectivity index (χ1) is 17.9. The number of halogens is 2. The fraction of sp³-hybridized carbons (Fsp3) is 0.500. The number of nitrogens with one attached hydrogen (secondary N) is 2. The Morgan fingerprint density at radius 2 is 1.57 bits per heavy atom. The average molecular weight is 523 g/mol. The fourth-order valence-corrected chi connectivity index (χ4v) is 3.67. The van der Waals surface area contributed by atoms with Crippen molar-refractivity contribution in [3.05, 3.63) is 47.5 Å². The van der Waals surface area contributed by atoms with Gasteiger partial charge in [0.1, 0.15) is 6.29 Å². The highest BCUT2D eigenvalue weighted by molar-refractivity contribution is 5.81. The standard InChI is InChI=1S/C22H28F2N4O2.C2H4O.2C2H6/c1-4-15-11-16(5-6-20(15)25-2)26-14-21(29)28-9-7-27(8-10-28)17-12-18(23)22(30-3)19(24)13-17;1-2-3;2*1-2/h5-6,11-13,25-26H,4,7-10,14H2,1-3H3;2H,1H3;2*1-2H3. The van der Waals surface area contributed by atoms with E-state index in [0.29, 0.717) is 31.9 Å². The largest absolute Gasteiger partial charge is 0.491 e. The van der Waals surface area contributed by atoms with Gasteiger partial charge < -0.3 is 30.0 Å². The summed E-state index contributed by atoms with van der Waals surface area (Å²) in [6.45, 7) is 13.7. The molecule has 9 heteroatoms. The Labute approximate surface area is 221 Å². The number of rotatable bonds is 7. The molecule has 0 saturated carbocycles. The quantitative estimate of drug-likeness (QED) is 0.462. The molecule has 0 bridgehead atoms. The van der Waals surface area contributed by atoms with Crippen LogP contribution in [-0.2, 0) is 16.0 Å². The molecule has 7 nitrogen and oxygen atoms in total. The molecule has 0 unspecified atom stereocenters. The van der Waals surface area contributed by atoms with Crippen LogP contribution in [0.2, 0.25) is 0 Å². The van der Waals surface area contributed by atoms with Gasteiger partial charge in [0.05, 0.1) is 13.7 Å². The highest BCUT2D eigenvalue weighted by Gasteiger charge is 2.23. The Kier molecular flexibility index (Phi) is 17.1. The molecule has 1 heterocycles. The number of amides is 1. The number of hydrogen-bond donors (Lipinski definition) is 2. The molecule has 2 aromatic rings. The summed E-state index contributed by atoms with van der Waals surface area (Å²) in [4.78, 5) is 25.0. The summed E-state index contributed by atoms with van der Waals surface area (Å²) in [5.74, 6) is -1.85. The molecular formula is C28H44F2N4O3. The zero-order chi connectivity index (χ0) is 28.4. The third kappa shape index (κ3) is 10.3. The predicted molar refractivity (Wildman–Crippen MR) is 150 cm³/mol. The van der Waals surface area contributed by atoms with Crippen molar-refractivity contribution >= 4 is 29.3 Å². The third-order valence-electron chi connectivity index (χ3n) is 5.38. The van der Waals surface area contributed by atoms with E-state index in [2.05, 4.69) is 17.6 Å². The fourth-order valence-electron chi connectivity index (χ4n) is 3.67. The molecule has 1 fully saturated rings. The number of carbonyl (C=O) groups is 2. The van der Waals surface area contributed by atoms with Gasteiger partial charge in [0.25, 0.3) is 0 Å². The number of hydrogen-bond acceptors (Lipinski definition) is 6. The highest BCUT2D eigenvalue weighted by atomic mass is 19.1. The number of carbonyl (C=O) groups excluding carboxylic acids is 2. The van der Waals surface area contributed by atoms with Gasteiger partial charge in [-0.25, -0.2) is 8.78 Å². The molecule has 0 atom stereocenters. The Morgan fingerprint density at radius 1 is 1.03 bits per heavy atom. The van der Waals surface area contributed by atoms with Crippen molar-refractivity contribution in [2.75, 3.05) is 62.4 Å². The van der Waals surface area contributed by atoms with E-state index in [4.69, 9.17) is 9.53 Å². The summed E-state index contributed by atoms with van der Waals surface area (Å²) in [5.41, 5.74) is 3.62. The topological polar surface area (TPSA) is 73.9 Å². The lowest BCUT2D eigenvalue weighted by molar-refractivity contribution is -0.129. The summed E-state index contributed by atoms with van der Waals surface area (Å²) >= 11 is 0. The third-order valence-corrected chi connectivity index (χ3v) is 5.38. The van der Waals surface area contributed by atoms with E-state index in [1.165, 1.54) is 31.7 Å². The number of methoxy groups -OCH3 is 1. The molecule has 37 heavy (non-hydrogen) atoms. The molecule has 1 aliphatic heterocycles. The molecule has 0 aliphatic carbocycles. The maximum atomic E-state index is 14.0. The monoisotopic (exact) mass is 522 g/mol. The minimum atomic E-state index is -0.731. The van der Waals surface area contributed by atoms with Gasteiger partial charge in [0.2, 0.25) is 5.91 Å². The van der Waals surface area contributed by atoms with Gasteiger partial charge in [-0.2, -0.15) is 0 Å². The van der Waals surface area contributed by atoms with E-state index in [0.717, 1.165) is 24.1 Å². The van der Waals surface area contributed by atoms with Gasteiger partial charge in [-0.15, -0.1) is 0 Å². The van der Waals surface area contributed by atoms with E-state index in [9.17, 15) is 13.6 Å². The van der Waals surface area contributed by atoms with Crippen LogP contribution >= 0.6 is 0 Å². The van der Waals surface area contributed by atoms with Gasteiger partial charge in [0.15, 0.2) is 17.4 Å². The second-order valence-corrected chi connectivity index (χ2v) is 7.38. The van der Waals surface area contributed by atoms with Crippen LogP contribution in [0.25, 0.3) is 0 Å². The van der Waals surface area contributed by atoms with Gasteiger partial charge in [0, 0.05) is 62.4 Å². The molecule has 3 rings (SSSR count). The molecule has 0 spiro atoms. The van der Waals surface area contributed by atoms with Crippen LogP contribution in [0.5, 0.6) is 5.75 Å². The van der Waals surface area contributed by atoms with Crippen molar-refractivity contribution in [3.63, 3.8) is 0 Å².